The number of likely N-dealkylation sites (N-methyl/N-ethyl adjacent to an activating group) is 1. The zero-order chi connectivity index (χ0) is 16.0. The topological polar surface area (TPSA) is 60.9 Å². The number of aliphatic carboxylic acids is 1. The molecule has 1 amide bonds. The van der Waals surface area contributed by atoms with E-state index < -0.39 is 12.0 Å². The van der Waals surface area contributed by atoms with Crippen LogP contribution in [-0.4, -0.2) is 48.6 Å². The predicted molar refractivity (Wildman–Crippen MR) is 83.8 cm³/mol. The van der Waals surface area contributed by atoms with Crippen molar-refractivity contribution in [2.75, 3.05) is 25.5 Å². The molecule has 1 aromatic rings. The largest absolute Gasteiger partial charge is 0.480 e. The van der Waals surface area contributed by atoms with Crippen molar-refractivity contribution in [3.63, 3.8) is 0 Å². The Labute approximate surface area is 126 Å². The minimum absolute atomic E-state index is 0.285. The van der Waals surface area contributed by atoms with Crippen LogP contribution in [0, 0.1) is 0 Å². The number of carboxylic acid groups (broad SMARTS) is 1. The van der Waals surface area contributed by atoms with Gasteiger partial charge in [-0.1, -0.05) is 13.3 Å². The molecule has 0 aliphatic carbocycles. The lowest BCUT2D eigenvalue weighted by atomic mass is 10.1. The van der Waals surface area contributed by atoms with Gasteiger partial charge in [-0.2, -0.15) is 0 Å². The molecule has 0 aliphatic heterocycles. The van der Waals surface area contributed by atoms with Gasteiger partial charge in [0.15, 0.2) is 0 Å². The monoisotopic (exact) mass is 292 g/mol. The molecule has 1 unspecified atom stereocenters. The molecule has 21 heavy (non-hydrogen) atoms. The Morgan fingerprint density at radius 3 is 2.24 bits per heavy atom. The Balaban J connectivity index is 2.77. The molecule has 1 rings (SSSR count). The first kappa shape index (κ1) is 17.0. The number of anilines is 1. The molecule has 0 bridgehead atoms. The number of carbonyl (C=O) groups is 2. The molecule has 0 aromatic heterocycles. The fraction of sp³-hybridized carbons (Fsp3) is 0.500. The van der Waals surface area contributed by atoms with Crippen molar-refractivity contribution >= 4 is 17.6 Å². The lowest BCUT2D eigenvalue weighted by molar-refractivity contribution is -0.141. The highest BCUT2D eigenvalue weighted by molar-refractivity contribution is 5.96. The quantitative estimate of drug-likeness (QED) is 0.838. The maximum absolute atomic E-state index is 12.2. The molecule has 1 N–H and O–H groups in total. The molecule has 5 heteroatoms. The maximum Gasteiger partial charge on any atom is 0.326 e. The van der Waals surface area contributed by atoms with Crippen LogP contribution in [0.15, 0.2) is 24.3 Å². The minimum Gasteiger partial charge on any atom is -0.480 e. The van der Waals surface area contributed by atoms with Gasteiger partial charge < -0.3 is 14.9 Å². The SMILES string of the molecule is CCCCN(C)c1ccc(C(=O)N(C)C(C)C(=O)O)cc1. The second-order valence-electron chi connectivity index (χ2n) is 5.25. The van der Waals surface area contributed by atoms with E-state index in [9.17, 15) is 9.59 Å². The lowest BCUT2D eigenvalue weighted by Gasteiger charge is -2.22. The molecule has 5 nitrogen and oxygen atoms in total. The normalized spacial score (nSPS) is 11.8. The van der Waals surface area contributed by atoms with Crippen molar-refractivity contribution in [2.45, 2.75) is 32.7 Å². The second kappa shape index (κ2) is 7.67. The average Bonchev–Trinajstić information content (AvgIpc) is 2.50. The third-order valence-electron chi connectivity index (χ3n) is 3.66. The van der Waals surface area contributed by atoms with Crippen LogP contribution in [0.2, 0.25) is 0 Å². The molecular weight excluding hydrogens is 268 g/mol. The molecule has 1 atom stereocenters. The Hall–Kier alpha value is -2.04. The molecule has 0 heterocycles. The van der Waals surface area contributed by atoms with Crippen molar-refractivity contribution in [1.82, 2.24) is 4.90 Å². The number of rotatable bonds is 7. The first-order chi connectivity index (χ1) is 9.88. The highest BCUT2D eigenvalue weighted by Crippen LogP contribution is 2.16. The minimum atomic E-state index is -1.01. The summed E-state index contributed by atoms with van der Waals surface area (Å²) < 4.78 is 0. The van der Waals surface area contributed by atoms with Gasteiger partial charge in [0.2, 0.25) is 0 Å². The van der Waals surface area contributed by atoms with Crippen molar-refractivity contribution < 1.29 is 14.7 Å². The van der Waals surface area contributed by atoms with E-state index in [2.05, 4.69) is 11.8 Å². The number of hydrogen-bond donors (Lipinski definition) is 1. The molecule has 116 valence electrons. The molecule has 0 saturated carbocycles. The number of carboxylic acids is 1. The molecular formula is C16H24N2O3. The molecule has 0 spiro atoms. The van der Waals surface area contributed by atoms with Gasteiger partial charge in [0, 0.05) is 31.9 Å². The highest BCUT2D eigenvalue weighted by Gasteiger charge is 2.22. The molecule has 0 fully saturated rings. The van der Waals surface area contributed by atoms with Gasteiger partial charge in [-0.15, -0.1) is 0 Å². The van der Waals surface area contributed by atoms with Gasteiger partial charge in [-0.25, -0.2) is 4.79 Å². The van der Waals surface area contributed by atoms with E-state index in [-0.39, 0.29) is 5.91 Å². The number of benzene rings is 1. The van der Waals surface area contributed by atoms with Gasteiger partial charge in [0.25, 0.3) is 5.91 Å². The number of amides is 1. The fourth-order valence-corrected chi connectivity index (χ4v) is 1.93. The van der Waals surface area contributed by atoms with Crippen molar-refractivity contribution in [3.8, 4) is 0 Å². The standard InChI is InChI=1S/C16H24N2O3/c1-5-6-11-17(3)14-9-7-13(8-10-14)15(19)18(4)12(2)16(20)21/h7-10,12H,5-6,11H2,1-4H3,(H,20,21). The second-order valence-corrected chi connectivity index (χ2v) is 5.25. The Bertz CT molecular complexity index is 485. The van der Waals surface area contributed by atoms with Gasteiger partial charge >= 0.3 is 5.97 Å². The first-order valence-corrected chi connectivity index (χ1v) is 7.19. The highest BCUT2D eigenvalue weighted by atomic mass is 16.4. The molecule has 0 saturated heterocycles. The zero-order valence-corrected chi connectivity index (χ0v) is 13.2. The third-order valence-corrected chi connectivity index (χ3v) is 3.66. The fourth-order valence-electron chi connectivity index (χ4n) is 1.93. The Morgan fingerprint density at radius 1 is 1.19 bits per heavy atom. The Morgan fingerprint density at radius 2 is 1.76 bits per heavy atom. The smallest absolute Gasteiger partial charge is 0.326 e. The average molecular weight is 292 g/mol. The van der Waals surface area contributed by atoms with E-state index in [0.717, 1.165) is 25.1 Å². The van der Waals surface area contributed by atoms with E-state index in [1.165, 1.54) is 18.9 Å². The Kier molecular flexibility index (Phi) is 6.21. The van der Waals surface area contributed by atoms with Crippen LogP contribution in [0.5, 0.6) is 0 Å². The van der Waals surface area contributed by atoms with Crippen LogP contribution in [0.25, 0.3) is 0 Å². The summed E-state index contributed by atoms with van der Waals surface area (Å²) >= 11 is 0. The molecule has 1 aromatic carbocycles. The van der Waals surface area contributed by atoms with Crippen LogP contribution in [0.3, 0.4) is 0 Å². The summed E-state index contributed by atoms with van der Waals surface area (Å²) in [5.74, 6) is -1.30. The van der Waals surface area contributed by atoms with E-state index in [0.29, 0.717) is 5.56 Å². The summed E-state index contributed by atoms with van der Waals surface area (Å²) in [6.07, 6.45) is 2.26. The zero-order valence-electron chi connectivity index (χ0n) is 13.2. The van der Waals surface area contributed by atoms with Crippen LogP contribution in [0.1, 0.15) is 37.0 Å². The van der Waals surface area contributed by atoms with Gasteiger partial charge in [-0.05, 0) is 37.6 Å². The maximum atomic E-state index is 12.2. The van der Waals surface area contributed by atoms with Crippen molar-refractivity contribution in [1.29, 1.82) is 0 Å². The van der Waals surface area contributed by atoms with Crippen LogP contribution >= 0.6 is 0 Å². The van der Waals surface area contributed by atoms with Crippen molar-refractivity contribution in [2.24, 2.45) is 0 Å². The lowest BCUT2D eigenvalue weighted by Crippen LogP contribution is -2.40. The summed E-state index contributed by atoms with van der Waals surface area (Å²) in [5.41, 5.74) is 1.55. The number of hydrogen-bond acceptors (Lipinski definition) is 3. The first-order valence-electron chi connectivity index (χ1n) is 7.19. The van der Waals surface area contributed by atoms with E-state index in [1.807, 2.05) is 19.2 Å². The van der Waals surface area contributed by atoms with Gasteiger partial charge in [0.05, 0.1) is 0 Å². The predicted octanol–water partition coefficient (Wildman–Crippen LogP) is 2.47. The molecule has 0 radical (unpaired) electrons. The summed E-state index contributed by atoms with van der Waals surface area (Å²) in [7, 11) is 3.52. The third kappa shape index (κ3) is 4.48. The van der Waals surface area contributed by atoms with Gasteiger partial charge in [-0.3, -0.25) is 4.79 Å². The van der Waals surface area contributed by atoms with Crippen molar-refractivity contribution in [3.05, 3.63) is 29.8 Å². The van der Waals surface area contributed by atoms with E-state index in [1.54, 1.807) is 12.1 Å². The summed E-state index contributed by atoms with van der Waals surface area (Å²) in [5, 5.41) is 8.95. The summed E-state index contributed by atoms with van der Waals surface area (Å²) in [6.45, 7) is 4.61. The van der Waals surface area contributed by atoms with Crippen LogP contribution in [0.4, 0.5) is 5.69 Å². The number of unbranched alkanes of at least 4 members (excludes halogenated alkanes) is 1. The number of carbonyl (C=O) groups excluding carboxylic acids is 1. The van der Waals surface area contributed by atoms with Crippen LogP contribution in [-0.2, 0) is 4.79 Å². The van der Waals surface area contributed by atoms with Crippen LogP contribution < -0.4 is 4.90 Å². The van der Waals surface area contributed by atoms with E-state index in [4.69, 9.17) is 5.11 Å². The molecule has 0 aliphatic rings. The van der Waals surface area contributed by atoms with Gasteiger partial charge in [0.1, 0.15) is 6.04 Å². The number of nitrogens with zero attached hydrogens (tertiary/aromatic N) is 2. The summed E-state index contributed by atoms with van der Waals surface area (Å²) in [6, 6.07) is 6.42. The van der Waals surface area contributed by atoms with E-state index >= 15 is 0 Å². The summed E-state index contributed by atoms with van der Waals surface area (Å²) in [4.78, 5) is 26.5.